The van der Waals surface area contributed by atoms with Crippen LogP contribution in [-0.2, 0) is 16.4 Å². The molecule has 1 aliphatic carbocycles. The van der Waals surface area contributed by atoms with E-state index in [-0.39, 0.29) is 23.1 Å². The van der Waals surface area contributed by atoms with E-state index in [9.17, 15) is 21.6 Å². The van der Waals surface area contributed by atoms with Crippen molar-refractivity contribution in [2.24, 2.45) is 0 Å². The number of sulfone groups is 1. The Bertz CT molecular complexity index is 1500. The Labute approximate surface area is 228 Å². The second-order valence-corrected chi connectivity index (χ2v) is 12.1. The second-order valence-electron chi connectivity index (χ2n) is 10.0. The van der Waals surface area contributed by atoms with E-state index in [0.29, 0.717) is 23.0 Å². The summed E-state index contributed by atoms with van der Waals surface area (Å²) in [5.74, 6) is 6.36. The van der Waals surface area contributed by atoms with Crippen molar-refractivity contribution in [2.75, 3.05) is 39.3 Å². The topological polar surface area (TPSA) is 63.6 Å². The number of rotatable bonds is 7. The molecule has 0 amide bonds. The fourth-order valence-electron chi connectivity index (χ4n) is 5.30. The third kappa shape index (κ3) is 6.71. The van der Waals surface area contributed by atoms with E-state index >= 15 is 0 Å². The molecule has 0 aliphatic heterocycles. The Morgan fingerprint density at radius 1 is 1.18 bits per heavy atom. The van der Waals surface area contributed by atoms with Gasteiger partial charge in [0.25, 0.3) is 0 Å². The van der Waals surface area contributed by atoms with Crippen LogP contribution in [0.5, 0.6) is 5.75 Å². The molecule has 4 rings (SSSR count). The molecule has 1 radical (unpaired) electrons. The Morgan fingerprint density at radius 3 is 2.62 bits per heavy atom. The van der Waals surface area contributed by atoms with Gasteiger partial charge in [0.2, 0.25) is 0 Å². The highest BCUT2D eigenvalue weighted by Crippen LogP contribution is 2.39. The maximum Gasteiger partial charge on any atom is 0.406 e. The van der Waals surface area contributed by atoms with E-state index in [1.165, 1.54) is 23.8 Å². The Hall–Kier alpha value is -3.16. The van der Waals surface area contributed by atoms with Gasteiger partial charge in [0.1, 0.15) is 12.3 Å². The van der Waals surface area contributed by atoms with Gasteiger partial charge in [-0.05, 0) is 75.5 Å². The summed E-state index contributed by atoms with van der Waals surface area (Å²) in [5.41, 5.74) is 2.38. The number of hydrogen-bond acceptors (Lipinski definition) is 5. The van der Waals surface area contributed by atoms with Gasteiger partial charge in [-0.15, -0.1) is 0 Å². The molecule has 3 aromatic rings. The van der Waals surface area contributed by atoms with Crippen molar-refractivity contribution in [3.63, 3.8) is 0 Å². The van der Waals surface area contributed by atoms with Crippen LogP contribution >= 0.6 is 0 Å². The van der Waals surface area contributed by atoms with Gasteiger partial charge in [-0.1, -0.05) is 18.1 Å². The summed E-state index contributed by atoms with van der Waals surface area (Å²) in [4.78, 5) is 2.32. The fourth-order valence-corrected chi connectivity index (χ4v) is 5.94. The van der Waals surface area contributed by atoms with Crippen molar-refractivity contribution in [1.82, 2.24) is 9.47 Å². The molecule has 39 heavy (non-hydrogen) atoms. The van der Waals surface area contributed by atoms with Crippen LogP contribution in [-0.4, -0.2) is 64.1 Å². The minimum absolute atomic E-state index is 0.120. The number of methoxy groups -OCH3 is 1. The lowest BCUT2D eigenvalue weighted by Gasteiger charge is -2.36. The van der Waals surface area contributed by atoms with Crippen molar-refractivity contribution >= 4 is 26.4 Å². The molecule has 2 atom stereocenters. The maximum absolute atomic E-state index is 13.6. The second kappa shape index (κ2) is 11.5. The summed E-state index contributed by atoms with van der Waals surface area (Å²) < 4.78 is 71.0. The third-order valence-corrected chi connectivity index (χ3v) is 8.23. The number of nitrogens with one attached hydrogen (secondary N) is 1. The van der Waals surface area contributed by atoms with Crippen LogP contribution in [0, 0.1) is 18.3 Å². The van der Waals surface area contributed by atoms with Gasteiger partial charge in [0.05, 0.1) is 29.9 Å². The Morgan fingerprint density at radius 2 is 1.95 bits per heavy atom. The van der Waals surface area contributed by atoms with Crippen LogP contribution in [0.4, 0.5) is 18.9 Å². The van der Waals surface area contributed by atoms with Crippen LogP contribution in [0.3, 0.4) is 0 Å². The van der Waals surface area contributed by atoms with Crippen LogP contribution < -0.4 is 10.1 Å². The number of alkyl halides is 3. The van der Waals surface area contributed by atoms with Gasteiger partial charge in [-0.3, -0.25) is 0 Å². The van der Waals surface area contributed by atoms with Crippen LogP contribution in [0.1, 0.15) is 36.4 Å². The molecule has 1 N–H and O–H groups in total. The van der Waals surface area contributed by atoms with Crippen LogP contribution in [0.25, 0.3) is 10.9 Å². The number of fused-ring (bicyclic) bond motifs is 1. The van der Waals surface area contributed by atoms with Crippen molar-refractivity contribution < 1.29 is 26.3 Å². The molecule has 6 nitrogen and oxygen atoms in total. The first-order valence-corrected chi connectivity index (χ1v) is 14.6. The summed E-state index contributed by atoms with van der Waals surface area (Å²) in [6, 6.07) is 12.1. The number of aromatic nitrogens is 1. The average Bonchev–Trinajstić information content (AvgIpc) is 3.21. The Balaban J connectivity index is 1.67. The SMILES string of the molecule is COc1cc(S(C)(=O)=O)ccc1NCC#Cc1cc2c(C3C[CH]CC[C@@H]3N(C)C)cccc2n1CC(F)(F)F. The zero-order valence-corrected chi connectivity index (χ0v) is 23.3. The lowest BCUT2D eigenvalue weighted by molar-refractivity contribution is -0.140. The van der Waals surface area contributed by atoms with Crippen molar-refractivity contribution in [2.45, 2.75) is 48.8 Å². The molecule has 0 spiro atoms. The predicted molar refractivity (Wildman–Crippen MR) is 148 cm³/mol. The van der Waals surface area contributed by atoms with Gasteiger partial charge < -0.3 is 19.5 Å². The molecule has 2 aromatic carbocycles. The van der Waals surface area contributed by atoms with E-state index < -0.39 is 22.6 Å². The number of nitrogens with zero attached hydrogens (tertiary/aromatic N) is 2. The summed E-state index contributed by atoms with van der Waals surface area (Å²) in [5, 5.41) is 3.86. The third-order valence-electron chi connectivity index (χ3n) is 7.12. The van der Waals surface area contributed by atoms with E-state index in [4.69, 9.17) is 4.74 Å². The minimum Gasteiger partial charge on any atom is -0.495 e. The summed E-state index contributed by atoms with van der Waals surface area (Å²) in [6.07, 6.45) is 1.87. The first kappa shape index (κ1) is 28.8. The maximum atomic E-state index is 13.6. The molecular formula is C29H33F3N3O3S. The van der Waals surface area contributed by atoms with Crippen LogP contribution in [0.2, 0.25) is 0 Å². The summed E-state index contributed by atoms with van der Waals surface area (Å²) in [6.45, 7) is -1.01. The molecular weight excluding hydrogens is 527 g/mol. The summed E-state index contributed by atoms with van der Waals surface area (Å²) in [7, 11) is 2.12. The number of anilines is 1. The van der Waals surface area contributed by atoms with E-state index in [2.05, 4.69) is 28.5 Å². The highest BCUT2D eigenvalue weighted by molar-refractivity contribution is 7.90. The van der Waals surface area contributed by atoms with Gasteiger partial charge >= 0.3 is 6.18 Å². The van der Waals surface area contributed by atoms with Gasteiger partial charge in [-0.25, -0.2) is 8.42 Å². The zero-order valence-electron chi connectivity index (χ0n) is 22.5. The van der Waals surface area contributed by atoms with Crippen molar-refractivity contribution in [3.8, 4) is 17.6 Å². The zero-order chi connectivity index (χ0) is 28.4. The van der Waals surface area contributed by atoms with E-state index in [0.717, 1.165) is 36.5 Å². The monoisotopic (exact) mass is 560 g/mol. The predicted octanol–water partition coefficient (Wildman–Crippen LogP) is 5.48. The largest absolute Gasteiger partial charge is 0.495 e. The first-order chi connectivity index (χ1) is 18.4. The highest BCUT2D eigenvalue weighted by Gasteiger charge is 2.32. The lowest BCUT2D eigenvalue weighted by atomic mass is 9.78. The number of hydrogen-bond donors (Lipinski definition) is 1. The first-order valence-electron chi connectivity index (χ1n) is 12.7. The van der Waals surface area contributed by atoms with Gasteiger partial charge in [0, 0.05) is 35.2 Å². The van der Waals surface area contributed by atoms with Gasteiger partial charge in [-0.2, -0.15) is 13.2 Å². The molecule has 0 saturated heterocycles. The van der Waals surface area contributed by atoms with Crippen molar-refractivity contribution in [3.05, 3.63) is 60.1 Å². The van der Waals surface area contributed by atoms with Gasteiger partial charge in [0.15, 0.2) is 9.84 Å². The lowest BCUT2D eigenvalue weighted by Crippen LogP contribution is -2.36. The van der Waals surface area contributed by atoms with Crippen LogP contribution in [0.15, 0.2) is 47.4 Å². The molecule has 209 valence electrons. The molecule has 1 heterocycles. The average molecular weight is 561 g/mol. The molecule has 1 aromatic heterocycles. The number of likely N-dealkylation sites (N-methyl/N-ethyl adjacent to an activating group) is 1. The quantitative estimate of drug-likeness (QED) is 0.388. The molecule has 1 aliphatic rings. The number of ether oxygens (including phenoxy) is 1. The summed E-state index contributed by atoms with van der Waals surface area (Å²) >= 11 is 0. The molecule has 1 unspecified atom stereocenters. The molecule has 0 bridgehead atoms. The van der Waals surface area contributed by atoms with E-state index in [1.54, 1.807) is 18.2 Å². The standard InChI is InChI=1S/C29H33F3N3O3S/c1-34(2)26-12-6-5-10-23(26)22-11-7-13-27-24(22)17-20(35(27)19-29(30,31)32)9-8-16-33-25-15-14-21(39(4,36)37)18-28(25)38-3/h5,7,11,13-15,17-18,23,26,33H,6,10,12,16,19H2,1-4H3/t23?,26-/m0/s1. The molecule has 1 saturated carbocycles. The fraction of sp³-hybridized carbons (Fsp3) is 0.414. The normalized spacial score (nSPS) is 18.2. The highest BCUT2D eigenvalue weighted by atomic mass is 32.2. The smallest absolute Gasteiger partial charge is 0.406 e. The van der Waals surface area contributed by atoms with Crippen molar-refractivity contribution in [1.29, 1.82) is 0 Å². The molecule has 1 fully saturated rings. The Kier molecular flexibility index (Phi) is 8.52. The minimum atomic E-state index is -4.41. The molecule has 10 heteroatoms. The number of benzene rings is 2. The number of halogens is 3. The van der Waals surface area contributed by atoms with E-state index in [1.807, 2.05) is 26.2 Å².